The van der Waals surface area contributed by atoms with Gasteiger partial charge < -0.3 is 10.3 Å². The molecule has 0 aliphatic rings. The molecule has 0 fully saturated rings. The Morgan fingerprint density at radius 1 is 1.38 bits per heavy atom. The van der Waals surface area contributed by atoms with E-state index in [-0.39, 0.29) is 0 Å². The van der Waals surface area contributed by atoms with E-state index in [0.717, 1.165) is 16.8 Å². The Hall–Kier alpha value is -1.84. The number of anilines is 1. The molecule has 1 aromatic carbocycles. The first-order valence-electron chi connectivity index (χ1n) is 3.90. The third kappa shape index (κ3) is 1.38. The minimum Gasteiger partial charge on any atom is -0.398 e. The van der Waals surface area contributed by atoms with Gasteiger partial charge in [0.05, 0.1) is 0 Å². The smallest absolute Gasteiger partial charge is 0.214 e. The van der Waals surface area contributed by atoms with Gasteiger partial charge in [0.1, 0.15) is 0 Å². The first-order valence-corrected chi connectivity index (χ1v) is 3.90. The van der Waals surface area contributed by atoms with E-state index in [1.165, 1.54) is 6.39 Å². The van der Waals surface area contributed by atoms with Gasteiger partial charge in [0, 0.05) is 11.3 Å². The van der Waals surface area contributed by atoms with Crippen molar-refractivity contribution in [2.24, 2.45) is 0 Å². The normalized spacial score (nSPS) is 10.2. The third-order valence-electron chi connectivity index (χ3n) is 1.90. The highest BCUT2D eigenvalue weighted by Gasteiger charge is 2.03. The van der Waals surface area contributed by atoms with Gasteiger partial charge in [-0.25, -0.2) is 0 Å². The summed E-state index contributed by atoms with van der Waals surface area (Å²) in [5.41, 5.74) is 8.40. The number of aromatic nitrogens is 2. The van der Waals surface area contributed by atoms with Gasteiger partial charge in [-0.2, -0.15) is 4.98 Å². The van der Waals surface area contributed by atoms with Crippen LogP contribution in [0.1, 0.15) is 5.56 Å². The molecule has 2 N–H and O–H groups in total. The number of benzene rings is 1. The van der Waals surface area contributed by atoms with Gasteiger partial charge in [-0.1, -0.05) is 17.3 Å². The Balaban J connectivity index is 2.49. The molecule has 66 valence electrons. The van der Waals surface area contributed by atoms with Crippen molar-refractivity contribution in [3.63, 3.8) is 0 Å². The summed E-state index contributed by atoms with van der Waals surface area (Å²) in [5.74, 6) is 0.562. The Morgan fingerprint density at radius 3 is 2.85 bits per heavy atom. The van der Waals surface area contributed by atoms with E-state index in [9.17, 15) is 0 Å². The van der Waals surface area contributed by atoms with Crippen molar-refractivity contribution < 1.29 is 4.52 Å². The van der Waals surface area contributed by atoms with Crippen LogP contribution in [0.15, 0.2) is 29.1 Å². The second kappa shape index (κ2) is 2.90. The molecule has 4 nitrogen and oxygen atoms in total. The summed E-state index contributed by atoms with van der Waals surface area (Å²) in [6.45, 7) is 1.95. The lowest BCUT2D eigenvalue weighted by molar-refractivity contribution is 0.419. The quantitative estimate of drug-likeness (QED) is 0.669. The van der Waals surface area contributed by atoms with Crippen LogP contribution in [0.4, 0.5) is 5.69 Å². The molecule has 4 heteroatoms. The molecular formula is C9H9N3O. The zero-order valence-electron chi connectivity index (χ0n) is 7.19. The first-order chi connectivity index (χ1) is 6.27. The summed E-state index contributed by atoms with van der Waals surface area (Å²) in [5, 5.41) is 3.72. The lowest BCUT2D eigenvalue weighted by Gasteiger charge is -2.00. The van der Waals surface area contributed by atoms with Crippen LogP contribution in [-0.4, -0.2) is 10.1 Å². The summed E-state index contributed by atoms with van der Waals surface area (Å²) >= 11 is 0. The molecule has 0 amide bonds. The summed E-state index contributed by atoms with van der Waals surface area (Å²) in [6, 6.07) is 5.68. The van der Waals surface area contributed by atoms with E-state index >= 15 is 0 Å². The largest absolute Gasteiger partial charge is 0.398 e. The molecule has 0 aliphatic heterocycles. The highest BCUT2D eigenvalue weighted by molar-refractivity contribution is 5.62. The predicted octanol–water partition coefficient (Wildman–Crippen LogP) is 1.63. The highest BCUT2D eigenvalue weighted by atomic mass is 16.5. The van der Waals surface area contributed by atoms with Crippen LogP contribution >= 0.6 is 0 Å². The van der Waals surface area contributed by atoms with Crippen LogP contribution in [0.25, 0.3) is 11.4 Å². The number of nitrogens with zero attached hydrogens (tertiary/aromatic N) is 2. The number of hydrogen-bond acceptors (Lipinski definition) is 4. The molecule has 0 spiro atoms. The number of aryl methyl sites for hydroxylation is 1. The predicted molar refractivity (Wildman–Crippen MR) is 48.9 cm³/mol. The van der Waals surface area contributed by atoms with Gasteiger partial charge in [0.25, 0.3) is 0 Å². The van der Waals surface area contributed by atoms with E-state index in [1.807, 2.05) is 25.1 Å². The van der Waals surface area contributed by atoms with E-state index in [2.05, 4.69) is 14.7 Å². The maximum atomic E-state index is 5.74. The SMILES string of the molecule is Cc1ccc(-c2ncon2)cc1N. The fraction of sp³-hybridized carbons (Fsp3) is 0.111. The molecule has 1 aromatic heterocycles. The Kier molecular flexibility index (Phi) is 1.73. The summed E-state index contributed by atoms with van der Waals surface area (Å²) in [4.78, 5) is 3.92. The Labute approximate surface area is 75.4 Å². The van der Waals surface area contributed by atoms with Crippen molar-refractivity contribution in [2.75, 3.05) is 5.73 Å². The van der Waals surface area contributed by atoms with E-state index in [4.69, 9.17) is 5.73 Å². The van der Waals surface area contributed by atoms with Crippen LogP contribution in [-0.2, 0) is 0 Å². The maximum absolute atomic E-state index is 5.74. The number of rotatable bonds is 1. The molecule has 0 unspecified atom stereocenters. The van der Waals surface area contributed by atoms with Crippen LogP contribution in [0.2, 0.25) is 0 Å². The molecule has 0 saturated carbocycles. The van der Waals surface area contributed by atoms with Gasteiger partial charge in [-0.05, 0) is 18.6 Å². The maximum Gasteiger partial charge on any atom is 0.214 e. The van der Waals surface area contributed by atoms with Gasteiger partial charge in [-0.3, -0.25) is 0 Å². The Bertz CT molecular complexity index is 409. The van der Waals surface area contributed by atoms with Crippen LogP contribution in [0.5, 0.6) is 0 Å². The van der Waals surface area contributed by atoms with Crippen LogP contribution < -0.4 is 5.73 Å². The first kappa shape index (κ1) is 7.79. The average Bonchev–Trinajstić information content (AvgIpc) is 2.62. The summed E-state index contributed by atoms with van der Waals surface area (Å²) in [6.07, 6.45) is 1.30. The fourth-order valence-corrected chi connectivity index (χ4v) is 1.08. The van der Waals surface area contributed by atoms with Crippen molar-refractivity contribution in [3.8, 4) is 11.4 Å². The number of nitrogen functional groups attached to an aromatic ring is 1. The summed E-state index contributed by atoms with van der Waals surface area (Å²) < 4.78 is 4.64. The second-order valence-corrected chi connectivity index (χ2v) is 2.83. The molecule has 0 saturated heterocycles. The van der Waals surface area contributed by atoms with Gasteiger partial charge >= 0.3 is 0 Å². The molecule has 2 aromatic rings. The Morgan fingerprint density at radius 2 is 2.23 bits per heavy atom. The van der Waals surface area contributed by atoms with Crippen LogP contribution in [0.3, 0.4) is 0 Å². The molecular weight excluding hydrogens is 166 g/mol. The lowest BCUT2D eigenvalue weighted by atomic mass is 10.1. The summed E-state index contributed by atoms with van der Waals surface area (Å²) in [7, 11) is 0. The van der Waals surface area contributed by atoms with Gasteiger partial charge in [0.15, 0.2) is 0 Å². The van der Waals surface area contributed by atoms with Gasteiger partial charge in [0.2, 0.25) is 12.2 Å². The average molecular weight is 175 g/mol. The second-order valence-electron chi connectivity index (χ2n) is 2.83. The molecule has 0 aliphatic carbocycles. The standard InChI is InChI=1S/C9H9N3O/c1-6-2-3-7(4-8(6)10)9-11-5-13-12-9/h2-5H,10H2,1H3. The van der Waals surface area contributed by atoms with Crippen molar-refractivity contribution >= 4 is 5.69 Å². The molecule has 0 radical (unpaired) electrons. The molecule has 0 atom stereocenters. The topological polar surface area (TPSA) is 64.9 Å². The molecule has 1 heterocycles. The number of nitrogens with two attached hydrogens (primary N) is 1. The zero-order chi connectivity index (χ0) is 9.26. The highest BCUT2D eigenvalue weighted by Crippen LogP contribution is 2.19. The van der Waals surface area contributed by atoms with E-state index < -0.39 is 0 Å². The monoisotopic (exact) mass is 175 g/mol. The van der Waals surface area contributed by atoms with Gasteiger partial charge in [-0.15, -0.1) is 0 Å². The molecule has 0 bridgehead atoms. The molecule has 2 rings (SSSR count). The van der Waals surface area contributed by atoms with Crippen molar-refractivity contribution in [1.29, 1.82) is 0 Å². The molecule has 13 heavy (non-hydrogen) atoms. The van der Waals surface area contributed by atoms with Crippen LogP contribution in [0, 0.1) is 6.92 Å². The van der Waals surface area contributed by atoms with Crippen molar-refractivity contribution in [1.82, 2.24) is 10.1 Å². The van der Waals surface area contributed by atoms with Crippen molar-refractivity contribution in [3.05, 3.63) is 30.2 Å². The number of hydrogen-bond donors (Lipinski definition) is 1. The zero-order valence-corrected chi connectivity index (χ0v) is 7.19. The lowest BCUT2D eigenvalue weighted by Crippen LogP contribution is -1.90. The minimum atomic E-state index is 0.562. The fourth-order valence-electron chi connectivity index (χ4n) is 1.08. The minimum absolute atomic E-state index is 0.562. The van der Waals surface area contributed by atoms with E-state index in [1.54, 1.807) is 0 Å². The van der Waals surface area contributed by atoms with Crippen molar-refractivity contribution in [2.45, 2.75) is 6.92 Å². The van der Waals surface area contributed by atoms with E-state index in [0.29, 0.717) is 5.82 Å². The third-order valence-corrected chi connectivity index (χ3v) is 1.90.